The maximum absolute atomic E-state index is 9.15. The molecule has 0 N–H and O–H groups in total. The van der Waals surface area contributed by atoms with Crippen LogP contribution in [-0.4, -0.2) is 19.3 Å². The zero-order valence-electron chi connectivity index (χ0n) is 11.3. The van der Waals surface area contributed by atoms with Crippen molar-refractivity contribution in [1.29, 1.82) is 10.5 Å². The van der Waals surface area contributed by atoms with E-state index in [1.165, 1.54) is 6.33 Å². The summed E-state index contributed by atoms with van der Waals surface area (Å²) in [5.41, 5.74) is 2.40. The van der Waals surface area contributed by atoms with E-state index in [0.29, 0.717) is 6.54 Å². The zero-order valence-corrected chi connectivity index (χ0v) is 12.8. The highest BCUT2D eigenvalue weighted by atomic mass is 79.9. The maximum Gasteiger partial charge on any atom is 0.176 e. The van der Waals surface area contributed by atoms with Crippen LogP contribution in [0.5, 0.6) is 0 Å². The summed E-state index contributed by atoms with van der Waals surface area (Å²) < 4.78 is 4.53. The summed E-state index contributed by atoms with van der Waals surface area (Å²) in [6.07, 6.45) is 2.35. The molecule has 2 aromatic heterocycles. The highest BCUT2D eigenvalue weighted by Crippen LogP contribution is 2.23. The van der Waals surface area contributed by atoms with E-state index in [4.69, 9.17) is 10.5 Å². The van der Waals surface area contributed by atoms with Gasteiger partial charge in [0.1, 0.15) is 12.1 Å². The predicted molar refractivity (Wildman–Crippen MR) is 75.7 cm³/mol. The SMILES string of the molecule is CCc1nn(CC)c(Cn2cnc(C#N)c2C#N)c1Br. The minimum Gasteiger partial charge on any atom is -0.315 e. The highest BCUT2D eigenvalue weighted by Gasteiger charge is 2.17. The second kappa shape index (κ2) is 5.89. The van der Waals surface area contributed by atoms with E-state index < -0.39 is 0 Å². The van der Waals surface area contributed by atoms with E-state index in [1.807, 2.05) is 30.7 Å². The Morgan fingerprint density at radius 2 is 2.05 bits per heavy atom. The Morgan fingerprint density at radius 3 is 2.60 bits per heavy atom. The summed E-state index contributed by atoms with van der Waals surface area (Å²) in [6, 6.07) is 3.95. The zero-order chi connectivity index (χ0) is 14.7. The molecule has 0 aliphatic carbocycles. The van der Waals surface area contributed by atoms with Crippen molar-refractivity contribution in [1.82, 2.24) is 19.3 Å². The molecule has 0 saturated carbocycles. The maximum atomic E-state index is 9.15. The summed E-state index contributed by atoms with van der Waals surface area (Å²) in [6.45, 7) is 5.26. The average molecular weight is 333 g/mol. The molecule has 0 aliphatic heterocycles. The van der Waals surface area contributed by atoms with E-state index in [-0.39, 0.29) is 11.4 Å². The Labute approximate surface area is 125 Å². The largest absolute Gasteiger partial charge is 0.315 e. The number of aryl methyl sites for hydroxylation is 2. The molecule has 0 bridgehead atoms. The molecule has 2 rings (SSSR count). The van der Waals surface area contributed by atoms with Crippen molar-refractivity contribution >= 4 is 15.9 Å². The van der Waals surface area contributed by atoms with Crippen LogP contribution in [0.15, 0.2) is 10.8 Å². The summed E-state index contributed by atoms with van der Waals surface area (Å²) in [4.78, 5) is 3.95. The molecule has 0 fully saturated rings. The lowest BCUT2D eigenvalue weighted by atomic mass is 10.3. The fourth-order valence-electron chi connectivity index (χ4n) is 2.03. The van der Waals surface area contributed by atoms with Crippen LogP contribution in [0.4, 0.5) is 0 Å². The molecular formula is C13H13BrN6. The van der Waals surface area contributed by atoms with Crippen LogP contribution >= 0.6 is 15.9 Å². The number of imidazole rings is 1. The van der Waals surface area contributed by atoms with E-state index in [0.717, 1.165) is 28.8 Å². The predicted octanol–water partition coefficient (Wildman–Crippen LogP) is 2.22. The van der Waals surface area contributed by atoms with Crippen LogP contribution < -0.4 is 0 Å². The Kier molecular flexibility index (Phi) is 4.21. The van der Waals surface area contributed by atoms with E-state index >= 15 is 0 Å². The van der Waals surface area contributed by atoms with Gasteiger partial charge in [0.15, 0.2) is 11.4 Å². The molecule has 2 aromatic rings. The van der Waals surface area contributed by atoms with Gasteiger partial charge >= 0.3 is 0 Å². The van der Waals surface area contributed by atoms with Crippen molar-refractivity contribution in [2.45, 2.75) is 33.4 Å². The molecule has 102 valence electrons. The second-order valence-corrected chi connectivity index (χ2v) is 4.96. The molecule has 7 heteroatoms. The van der Waals surface area contributed by atoms with Crippen LogP contribution in [0, 0.1) is 22.7 Å². The molecule has 0 aliphatic rings. The topological polar surface area (TPSA) is 83.2 Å². The Morgan fingerprint density at radius 1 is 1.30 bits per heavy atom. The molecule has 0 amide bonds. The van der Waals surface area contributed by atoms with Gasteiger partial charge in [-0.2, -0.15) is 15.6 Å². The number of halogens is 1. The van der Waals surface area contributed by atoms with Crippen LogP contribution in [0.1, 0.15) is 36.6 Å². The molecule has 0 radical (unpaired) electrons. The standard InChI is InChI=1S/C13H13BrN6/c1-3-9-13(14)12(20(4-2)18-9)7-19-8-17-10(5-15)11(19)6-16/h8H,3-4,7H2,1-2H3. The van der Waals surface area contributed by atoms with Crippen LogP contribution in [0.3, 0.4) is 0 Å². The van der Waals surface area contributed by atoms with Gasteiger partial charge in [-0.1, -0.05) is 6.92 Å². The molecule has 2 heterocycles. The van der Waals surface area contributed by atoms with Gasteiger partial charge in [0.25, 0.3) is 0 Å². The minimum absolute atomic E-state index is 0.155. The summed E-state index contributed by atoms with van der Waals surface area (Å²) >= 11 is 3.57. The molecule has 6 nitrogen and oxygen atoms in total. The number of nitrogens with zero attached hydrogens (tertiary/aromatic N) is 6. The fraction of sp³-hybridized carbons (Fsp3) is 0.385. The molecular weight excluding hydrogens is 320 g/mol. The van der Waals surface area contributed by atoms with Crippen molar-refractivity contribution < 1.29 is 0 Å². The lowest BCUT2D eigenvalue weighted by Crippen LogP contribution is -2.09. The van der Waals surface area contributed by atoms with Crippen molar-refractivity contribution in [3.63, 3.8) is 0 Å². The van der Waals surface area contributed by atoms with E-state index in [9.17, 15) is 0 Å². The van der Waals surface area contributed by atoms with Gasteiger partial charge in [0.2, 0.25) is 0 Å². The van der Waals surface area contributed by atoms with E-state index in [1.54, 1.807) is 4.57 Å². The minimum atomic E-state index is 0.155. The fourth-order valence-corrected chi connectivity index (χ4v) is 2.72. The van der Waals surface area contributed by atoms with Crippen LogP contribution in [0.25, 0.3) is 0 Å². The van der Waals surface area contributed by atoms with Gasteiger partial charge in [0.05, 0.1) is 28.7 Å². The molecule has 0 aromatic carbocycles. The molecule has 0 atom stereocenters. The van der Waals surface area contributed by atoms with Gasteiger partial charge in [-0.25, -0.2) is 4.98 Å². The van der Waals surface area contributed by atoms with Gasteiger partial charge in [0, 0.05) is 6.54 Å². The van der Waals surface area contributed by atoms with Crippen molar-refractivity contribution in [2.75, 3.05) is 0 Å². The van der Waals surface area contributed by atoms with Crippen molar-refractivity contribution in [3.05, 3.63) is 33.6 Å². The lowest BCUT2D eigenvalue weighted by Gasteiger charge is -2.07. The van der Waals surface area contributed by atoms with Gasteiger partial charge in [-0.05, 0) is 29.3 Å². The van der Waals surface area contributed by atoms with Gasteiger partial charge in [-0.3, -0.25) is 4.68 Å². The first-order chi connectivity index (χ1) is 9.65. The van der Waals surface area contributed by atoms with Crippen molar-refractivity contribution in [2.24, 2.45) is 0 Å². The first-order valence-electron chi connectivity index (χ1n) is 6.25. The number of nitriles is 2. The Balaban J connectivity index is 2.46. The third-order valence-electron chi connectivity index (χ3n) is 3.06. The first kappa shape index (κ1) is 14.3. The van der Waals surface area contributed by atoms with E-state index in [2.05, 4.69) is 26.0 Å². The van der Waals surface area contributed by atoms with Gasteiger partial charge in [-0.15, -0.1) is 0 Å². The average Bonchev–Trinajstić information content (AvgIpc) is 3.00. The molecule has 0 spiro atoms. The van der Waals surface area contributed by atoms with Crippen LogP contribution in [-0.2, 0) is 19.5 Å². The second-order valence-electron chi connectivity index (χ2n) is 4.17. The monoisotopic (exact) mass is 332 g/mol. The smallest absolute Gasteiger partial charge is 0.176 e. The first-order valence-corrected chi connectivity index (χ1v) is 7.04. The molecule has 0 saturated heterocycles. The number of rotatable bonds is 4. The van der Waals surface area contributed by atoms with Crippen molar-refractivity contribution in [3.8, 4) is 12.1 Å². The third-order valence-corrected chi connectivity index (χ3v) is 3.98. The quantitative estimate of drug-likeness (QED) is 0.859. The molecule has 20 heavy (non-hydrogen) atoms. The summed E-state index contributed by atoms with van der Waals surface area (Å²) in [5, 5.41) is 22.6. The summed E-state index contributed by atoms with van der Waals surface area (Å²) in [5.74, 6) is 0. The number of hydrogen-bond donors (Lipinski definition) is 0. The van der Waals surface area contributed by atoms with Gasteiger partial charge < -0.3 is 4.57 Å². The number of aromatic nitrogens is 4. The summed E-state index contributed by atoms with van der Waals surface area (Å²) in [7, 11) is 0. The Hall–Kier alpha value is -2.12. The number of hydrogen-bond acceptors (Lipinski definition) is 4. The Bertz CT molecular complexity index is 713. The van der Waals surface area contributed by atoms with Crippen LogP contribution in [0.2, 0.25) is 0 Å². The highest BCUT2D eigenvalue weighted by molar-refractivity contribution is 9.10. The lowest BCUT2D eigenvalue weighted by molar-refractivity contribution is 0.592. The normalized spacial score (nSPS) is 10.2. The molecule has 0 unspecified atom stereocenters. The third kappa shape index (κ3) is 2.33.